The van der Waals surface area contributed by atoms with Crippen molar-refractivity contribution in [1.29, 1.82) is 0 Å². The molecule has 1 aromatic heterocycles. The highest BCUT2D eigenvalue weighted by atomic mass is 32.1. The number of benzene rings is 1. The van der Waals surface area contributed by atoms with Gasteiger partial charge < -0.3 is 20.4 Å². The number of aliphatic hydroxyl groups is 2. The monoisotopic (exact) mass is 319 g/mol. The molecule has 3 N–H and O–H groups in total. The van der Waals surface area contributed by atoms with Crippen LogP contribution in [0, 0.1) is 0 Å². The fourth-order valence-electron chi connectivity index (χ4n) is 2.57. The lowest BCUT2D eigenvalue weighted by Crippen LogP contribution is -2.40. The van der Waals surface area contributed by atoms with Gasteiger partial charge in [-0.2, -0.15) is 0 Å². The predicted octanol–water partition coefficient (Wildman–Crippen LogP) is 1.77. The smallest absolute Gasteiger partial charge is 0.322 e. The van der Waals surface area contributed by atoms with E-state index in [1.165, 1.54) is 4.90 Å². The zero-order valence-corrected chi connectivity index (χ0v) is 12.7. The van der Waals surface area contributed by atoms with Crippen LogP contribution in [0.2, 0.25) is 0 Å². The second kappa shape index (κ2) is 6.43. The Morgan fingerprint density at radius 1 is 1.41 bits per heavy atom. The summed E-state index contributed by atoms with van der Waals surface area (Å²) in [7, 11) is 0. The Labute approximate surface area is 132 Å². The summed E-state index contributed by atoms with van der Waals surface area (Å²) in [5.74, 6) is 0. The van der Waals surface area contributed by atoms with E-state index in [2.05, 4.69) is 10.3 Å². The highest BCUT2D eigenvalue weighted by Gasteiger charge is 2.33. The third-order valence-corrected chi connectivity index (χ3v) is 4.50. The van der Waals surface area contributed by atoms with E-state index < -0.39 is 6.10 Å². The third-order valence-electron chi connectivity index (χ3n) is 3.68. The topological polar surface area (TPSA) is 85.7 Å². The molecule has 2 heterocycles. The van der Waals surface area contributed by atoms with Gasteiger partial charge in [-0.15, -0.1) is 11.3 Å². The van der Waals surface area contributed by atoms with E-state index in [9.17, 15) is 15.0 Å². The van der Waals surface area contributed by atoms with E-state index in [1.807, 2.05) is 29.6 Å². The van der Waals surface area contributed by atoms with Gasteiger partial charge in [-0.25, -0.2) is 9.78 Å². The normalized spacial score (nSPS) is 21.1. The van der Waals surface area contributed by atoms with Crippen LogP contribution in [0.25, 0.3) is 10.6 Å². The zero-order chi connectivity index (χ0) is 15.5. The van der Waals surface area contributed by atoms with Crippen molar-refractivity contribution >= 4 is 23.1 Å². The predicted molar refractivity (Wildman–Crippen MR) is 84.8 cm³/mol. The van der Waals surface area contributed by atoms with Crippen LogP contribution in [0.5, 0.6) is 0 Å². The molecule has 0 radical (unpaired) electrons. The lowest BCUT2D eigenvalue weighted by Gasteiger charge is -2.23. The van der Waals surface area contributed by atoms with E-state index in [4.69, 9.17) is 0 Å². The Kier molecular flexibility index (Phi) is 4.37. The molecule has 1 fully saturated rings. The quantitative estimate of drug-likeness (QED) is 0.805. The number of anilines is 1. The molecular weight excluding hydrogens is 302 g/mol. The minimum absolute atomic E-state index is 0.145. The van der Waals surface area contributed by atoms with Gasteiger partial charge in [-0.3, -0.25) is 0 Å². The number of carbonyl (C=O) groups is 1. The summed E-state index contributed by atoms with van der Waals surface area (Å²) in [6.07, 6.45) is 1.59. The van der Waals surface area contributed by atoms with Crippen molar-refractivity contribution in [2.24, 2.45) is 0 Å². The van der Waals surface area contributed by atoms with Crippen molar-refractivity contribution in [2.45, 2.75) is 18.6 Å². The van der Waals surface area contributed by atoms with Crippen LogP contribution in [-0.2, 0) is 0 Å². The average molecular weight is 319 g/mol. The number of aliphatic hydroxyl groups excluding tert-OH is 2. The van der Waals surface area contributed by atoms with Gasteiger partial charge in [-0.1, -0.05) is 0 Å². The van der Waals surface area contributed by atoms with E-state index in [1.54, 1.807) is 17.5 Å². The molecule has 116 valence electrons. The zero-order valence-electron chi connectivity index (χ0n) is 11.8. The van der Waals surface area contributed by atoms with E-state index in [-0.39, 0.29) is 25.2 Å². The summed E-state index contributed by atoms with van der Waals surface area (Å²) in [5.41, 5.74) is 1.67. The van der Waals surface area contributed by atoms with Crippen LogP contribution in [0.15, 0.2) is 35.8 Å². The maximum absolute atomic E-state index is 12.2. The Balaban J connectivity index is 1.67. The lowest BCUT2D eigenvalue weighted by molar-refractivity contribution is 0.164. The molecule has 1 aliphatic heterocycles. The molecule has 2 amide bonds. The summed E-state index contributed by atoms with van der Waals surface area (Å²) < 4.78 is 0. The molecule has 1 aliphatic rings. The molecule has 3 rings (SSSR count). The molecule has 2 atom stereocenters. The van der Waals surface area contributed by atoms with Crippen molar-refractivity contribution in [2.75, 3.05) is 18.5 Å². The lowest BCUT2D eigenvalue weighted by atomic mass is 10.2. The Morgan fingerprint density at radius 3 is 2.82 bits per heavy atom. The van der Waals surface area contributed by atoms with Crippen LogP contribution in [0.1, 0.15) is 6.42 Å². The number of β-amino-alcohol motifs (C(OH)–C–C–N with tert-alkyl or cyclic N) is 1. The average Bonchev–Trinajstić information content (AvgIpc) is 3.17. The minimum atomic E-state index is -0.574. The van der Waals surface area contributed by atoms with Crippen molar-refractivity contribution in [1.82, 2.24) is 9.88 Å². The van der Waals surface area contributed by atoms with E-state index >= 15 is 0 Å². The van der Waals surface area contributed by atoms with Crippen LogP contribution in [0.3, 0.4) is 0 Å². The highest BCUT2D eigenvalue weighted by Crippen LogP contribution is 2.24. The molecule has 0 unspecified atom stereocenters. The maximum atomic E-state index is 12.2. The Hall–Kier alpha value is -1.96. The first-order chi connectivity index (χ1) is 10.7. The number of rotatable bonds is 3. The third kappa shape index (κ3) is 3.11. The number of hydrogen-bond donors (Lipinski definition) is 3. The van der Waals surface area contributed by atoms with Gasteiger partial charge in [0, 0.05) is 29.4 Å². The molecule has 0 aliphatic carbocycles. The number of urea groups is 1. The summed E-state index contributed by atoms with van der Waals surface area (Å²) in [6, 6.07) is 6.79. The van der Waals surface area contributed by atoms with Gasteiger partial charge in [0.05, 0.1) is 18.8 Å². The van der Waals surface area contributed by atoms with Crippen molar-refractivity contribution < 1.29 is 15.0 Å². The standard InChI is InChI=1S/C15H17N3O3S/c19-9-12-7-13(20)8-18(12)15(21)17-11-3-1-10(2-4-11)14-16-5-6-22-14/h1-6,12-13,19-20H,7-9H2,(H,17,21)/t12-,13+/m0/s1. The fraction of sp³-hybridized carbons (Fsp3) is 0.333. The Bertz CT molecular complexity index is 630. The molecule has 1 saturated heterocycles. The highest BCUT2D eigenvalue weighted by molar-refractivity contribution is 7.13. The molecule has 22 heavy (non-hydrogen) atoms. The molecule has 0 bridgehead atoms. The van der Waals surface area contributed by atoms with Crippen LogP contribution < -0.4 is 5.32 Å². The van der Waals surface area contributed by atoms with Gasteiger partial charge >= 0.3 is 6.03 Å². The molecule has 2 aromatic rings. The molecule has 0 spiro atoms. The first kappa shape index (κ1) is 15.0. The summed E-state index contributed by atoms with van der Waals surface area (Å²) in [4.78, 5) is 17.9. The Morgan fingerprint density at radius 2 is 2.18 bits per heavy atom. The number of nitrogens with zero attached hydrogens (tertiary/aromatic N) is 2. The largest absolute Gasteiger partial charge is 0.394 e. The second-order valence-electron chi connectivity index (χ2n) is 5.22. The number of thiazole rings is 1. The van der Waals surface area contributed by atoms with Crippen LogP contribution in [0.4, 0.5) is 10.5 Å². The summed E-state index contributed by atoms with van der Waals surface area (Å²) in [5, 5.41) is 24.5. The van der Waals surface area contributed by atoms with E-state index in [0.717, 1.165) is 10.6 Å². The fourth-order valence-corrected chi connectivity index (χ4v) is 3.22. The van der Waals surface area contributed by atoms with Crippen molar-refractivity contribution in [3.63, 3.8) is 0 Å². The SMILES string of the molecule is O=C(Nc1ccc(-c2nccs2)cc1)N1C[C@H](O)C[C@H]1CO. The molecule has 7 heteroatoms. The maximum Gasteiger partial charge on any atom is 0.322 e. The van der Waals surface area contributed by atoms with Crippen LogP contribution in [-0.4, -0.2) is 51.4 Å². The number of amides is 2. The number of hydrogen-bond acceptors (Lipinski definition) is 5. The molecule has 6 nitrogen and oxygen atoms in total. The second-order valence-corrected chi connectivity index (χ2v) is 6.12. The van der Waals surface area contributed by atoms with E-state index in [0.29, 0.717) is 12.1 Å². The molecule has 0 saturated carbocycles. The first-order valence-corrected chi connectivity index (χ1v) is 7.92. The number of carbonyl (C=O) groups excluding carboxylic acids is 1. The number of likely N-dealkylation sites (tertiary alicyclic amines) is 1. The molecule has 1 aromatic carbocycles. The van der Waals surface area contributed by atoms with Crippen molar-refractivity contribution in [3.8, 4) is 10.6 Å². The molecular formula is C15H17N3O3S. The first-order valence-electron chi connectivity index (χ1n) is 7.04. The summed E-state index contributed by atoms with van der Waals surface area (Å²) in [6.45, 7) is 0.0989. The number of aromatic nitrogens is 1. The van der Waals surface area contributed by atoms with Gasteiger partial charge in [0.2, 0.25) is 0 Å². The number of nitrogens with one attached hydrogen (secondary N) is 1. The van der Waals surface area contributed by atoms with Gasteiger partial charge in [0.1, 0.15) is 5.01 Å². The van der Waals surface area contributed by atoms with Gasteiger partial charge in [0.15, 0.2) is 0 Å². The van der Waals surface area contributed by atoms with Crippen LogP contribution >= 0.6 is 11.3 Å². The van der Waals surface area contributed by atoms with Gasteiger partial charge in [0.25, 0.3) is 0 Å². The van der Waals surface area contributed by atoms with Gasteiger partial charge in [-0.05, 0) is 30.7 Å². The van der Waals surface area contributed by atoms with Crippen molar-refractivity contribution in [3.05, 3.63) is 35.8 Å². The minimum Gasteiger partial charge on any atom is -0.394 e. The summed E-state index contributed by atoms with van der Waals surface area (Å²) >= 11 is 1.56.